The van der Waals surface area contributed by atoms with Gasteiger partial charge in [-0.15, -0.1) is 0 Å². The molecule has 7 nitrogen and oxygen atoms in total. The summed E-state index contributed by atoms with van der Waals surface area (Å²) in [6.07, 6.45) is 5.14. The molecule has 9 heteroatoms. The van der Waals surface area contributed by atoms with Crippen LogP contribution < -0.4 is 9.62 Å². The van der Waals surface area contributed by atoms with Gasteiger partial charge >= 0.3 is 0 Å². The number of halogens is 1. The Morgan fingerprint density at radius 2 is 1.62 bits per heavy atom. The molecule has 3 aromatic carbocycles. The molecule has 0 saturated heterocycles. The number of anilines is 1. The summed E-state index contributed by atoms with van der Waals surface area (Å²) in [5.41, 5.74) is 4.16. The number of sulfonamides is 1. The quantitative estimate of drug-likeness (QED) is 0.291. The third kappa shape index (κ3) is 7.72. The minimum absolute atomic E-state index is 0.0197. The van der Waals surface area contributed by atoms with Gasteiger partial charge in [-0.3, -0.25) is 13.9 Å². The van der Waals surface area contributed by atoms with Crippen molar-refractivity contribution < 1.29 is 18.0 Å². The van der Waals surface area contributed by atoms with Gasteiger partial charge in [-0.05, 0) is 93.6 Å². The highest BCUT2D eigenvalue weighted by Crippen LogP contribution is 2.27. The summed E-state index contributed by atoms with van der Waals surface area (Å²) < 4.78 is 29.1. The molecule has 1 aliphatic rings. The topological polar surface area (TPSA) is 86.8 Å². The Hall–Kier alpha value is -3.36. The molecular weight excluding hydrogens is 570 g/mol. The first-order valence-electron chi connectivity index (χ1n) is 14.5. The van der Waals surface area contributed by atoms with Crippen LogP contribution in [0.5, 0.6) is 0 Å². The average Bonchev–Trinajstić information content (AvgIpc) is 2.96. The number of nitrogens with zero attached hydrogens (tertiary/aromatic N) is 2. The zero-order valence-electron chi connectivity index (χ0n) is 24.8. The van der Waals surface area contributed by atoms with E-state index in [1.54, 1.807) is 19.1 Å². The Kier molecular flexibility index (Phi) is 10.3. The van der Waals surface area contributed by atoms with Crippen LogP contribution in [0, 0.1) is 20.8 Å². The fourth-order valence-electron chi connectivity index (χ4n) is 5.30. The number of amides is 2. The summed E-state index contributed by atoms with van der Waals surface area (Å²) in [5, 5.41) is 3.54. The number of nitrogens with one attached hydrogen (secondary N) is 1. The van der Waals surface area contributed by atoms with Crippen LogP contribution in [0.2, 0.25) is 5.02 Å². The summed E-state index contributed by atoms with van der Waals surface area (Å²) >= 11 is 6.04. The third-order valence-electron chi connectivity index (χ3n) is 8.01. The average molecular weight is 610 g/mol. The lowest BCUT2D eigenvalue weighted by Gasteiger charge is -2.33. The number of carbonyl (C=O) groups is 2. The molecule has 0 spiro atoms. The second-order valence-corrected chi connectivity index (χ2v) is 13.6. The van der Waals surface area contributed by atoms with Gasteiger partial charge in [-0.25, -0.2) is 8.42 Å². The molecular formula is C33H40ClN3O4S. The summed E-state index contributed by atoms with van der Waals surface area (Å²) in [6.45, 7) is 7.21. The van der Waals surface area contributed by atoms with E-state index in [0.29, 0.717) is 10.7 Å². The van der Waals surface area contributed by atoms with Gasteiger partial charge in [0.25, 0.3) is 10.0 Å². The first-order valence-corrected chi connectivity index (χ1v) is 16.3. The van der Waals surface area contributed by atoms with Crippen LogP contribution in [-0.4, -0.2) is 43.8 Å². The molecule has 0 bridgehead atoms. The normalized spacial score (nSPS) is 14.7. The molecule has 2 amide bonds. The monoisotopic (exact) mass is 609 g/mol. The maximum atomic E-state index is 14.2. The third-order valence-corrected chi connectivity index (χ3v) is 10.1. The second kappa shape index (κ2) is 13.7. The molecule has 0 aromatic heterocycles. The molecule has 0 aliphatic heterocycles. The lowest BCUT2D eigenvalue weighted by Crippen LogP contribution is -2.53. The first kappa shape index (κ1) is 31.6. The number of hydrogen-bond acceptors (Lipinski definition) is 4. The van der Waals surface area contributed by atoms with E-state index in [-0.39, 0.29) is 23.4 Å². The molecule has 0 radical (unpaired) electrons. The van der Waals surface area contributed by atoms with E-state index in [0.717, 1.165) is 58.7 Å². The van der Waals surface area contributed by atoms with Gasteiger partial charge in [-0.2, -0.15) is 0 Å². The number of hydrogen-bond donors (Lipinski definition) is 1. The van der Waals surface area contributed by atoms with Crippen LogP contribution in [0.1, 0.15) is 61.3 Å². The zero-order valence-corrected chi connectivity index (χ0v) is 26.3. The highest BCUT2D eigenvalue weighted by Gasteiger charge is 2.33. The Labute approximate surface area is 254 Å². The molecule has 4 rings (SSSR count). The van der Waals surface area contributed by atoms with Gasteiger partial charge < -0.3 is 10.2 Å². The van der Waals surface area contributed by atoms with Crippen molar-refractivity contribution >= 4 is 39.1 Å². The van der Waals surface area contributed by atoms with Crippen molar-refractivity contribution in [3.63, 3.8) is 0 Å². The van der Waals surface area contributed by atoms with Gasteiger partial charge in [0.05, 0.1) is 10.6 Å². The van der Waals surface area contributed by atoms with E-state index in [1.807, 2.05) is 51.1 Å². The summed E-state index contributed by atoms with van der Waals surface area (Å²) in [4.78, 5) is 29.1. The number of aryl methyl sites for hydroxylation is 3. The Morgan fingerprint density at radius 3 is 2.26 bits per heavy atom. The molecule has 42 heavy (non-hydrogen) atoms. The lowest BCUT2D eigenvalue weighted by molar-refractivity contribution is -0.139. The predicted octanol–water partition coefficient (Wildman–Crippen LogP) is 6.33. The lowest BCUT2D eigenvalue weighted by atomic mass is 9.95. The van der Waals surface area contributed by atoms with E-state index in [1.165, 1.54) is 29.2 Å². The molecule has 1 fully saturated rings. The van der Waals surface area contributed by atoms with Gasteiger partial charge in [0.2, 0.25) is 11.8 Å². The number of rotatable bonds is 10. The van der Waals surface area contributed by atoms with Crippen LogP contribution in [-0.2, 0) is 26.2 Å². The van der Waals surface area contributed by atoms with E-state index in [4.69, 9.17) is 11.6 Å². The van der Waals surface area contributed by atoms with Gasteiger partial charge in [-0.1, -0.05) is 66.8 Å². The first-order chi connectivity index (χ1) is 20.0. The zero-order chi connectivity index (χ0) is 30.4. The Bertz CT molecular complexity index is 1520. The smallest absolute Gasteiger partial charge is 0.264 e. The van der Waals surface area contributed by atoms with Crippen LogP contribution >= 0.6 is 11.6 Å². The minimum atomic E-state index is -4.15. The molecule has 224 valence electrons. The summed E-state index contributed by atoms with van der Waals surface area (Å²) in [5.74, 6) is -0.709. The van der Waals surface area contributed by atoms with Crippen LogP contribution in [0.15, 0.2) is 71.6 Å². The van der Waals surface area contributed by atoms with Crippen LogP contribution in [0.25, 0.3) is 0 Å². The van der Waals surface area contributed by atoms with Crippen LogP contribution in [0.3, 0.4) is 0 Å². The standard InChI is InChI=1S/C33H40ClN3O4S/c1-23-9-8-10-27(19-23)21-36(26(4)33(39)35-29-11-6-5-7-12-29)32(38)22-37(30-16-13-24(2)25(3)20-30)42(40,41)31-17-14-28(34)15-18-31/h8-10,13-20,26,29H,5-7,11-12,21-22H2,1-4H3,(H,35,39)/t26-/m1/s1. The second-order valence-electron chi connectivity index (χ2n) is 11.3. The van der Waals surface area contributed by atoms with Crippen molar-refractivity contribution in [3.05, 3.63) is 94.0 Å². The highest BCUT2D eigenvalue weighted by molar-refractivity contribution is 7.92. The van der Waals surface area contributed by atoms with Crippen molar-refractivity contribution in [2.45, 2.75) is 83.3 Å². The van der Waals surface area contributed by atoms with E-state index in [9.17, 15) is 18.0 Å². The van der Waals surface area contributed by atoms with Crippen molar-refractivity contribution in [2.24, 2.45) is 0 Å². The molecule has 1 atom stereocenters. The maximum Gasteiger partial charge on any atom is 0.264 e. The Morgan fingerprint density at radius 1 is 0.929 bits per heavy atom. The summed E-state index contributed by atoms with van der Waals surface area (Å²) in [7, 11) is -4.15. The van der Waals surface area contributed by atoms with E-state index in [2.05, 4.69) is 5.32 Å². The highest BCUT2D eigenvalue weighted by atomic mass is 35.5. The predicted molar refractivity (Wildman–Crippen MR) is 168 cm³/mol. The minimum Gasteiger partial charge on any atom is -0.352 e. The molecule has 1 saturated carbocycles. The molecule has 3 aromatic rings. The van der Waals surface area contributed by atoms with Gasteiger partial charge in [0.15, 0.2) is 0 Å². The molecule has 1 aliphatic carbocycles. The van der Waals surface area contributed by atoms with E-state index < -0.39 is 28.5 Å². The Balaban J connectivity index is 1.69. The van der Waals surface area contributed by atoms with Crippen molar-refractivity contribution in [1.82, 2.24) is 10.2 Å². The number of carbonyl (C=O) groups excluding carboxylic acids is 2. The van der Waals surface area contributed by atoms with Gasteiger partial charge in [0, 0.05) is 17.6 Å². The fourth-order valence-corrected chi connectivity index (χ4v) is 6.83. The SMILES string of the molecule is Cc1cccc(CN(C(=O)CN(c2ccc(C)c(C)c2)S(=O)(=O)c2ccc(Cl)cc2)[C@H](C)C(=O)NC2CCCCC2)c1. The van der Waals surface area contributed by atoms with Crippen molar-refractivity contribution in [3.8, 4) is 0 Å². The van der Waals surface area contributed by atoms with Crippen molar-refractivity contribution in [1.29, 1.82) is 0 Å². The van der Waals surface area contributed by atoms with Crippen molar-refractivity contribution in [2.75, 3.05) is 10.8 Å². The molecule has 0 unspecified atom stereocenters. The van der Waals surface area contributed by atoms with Crippen LogP contribution in [0.4, 0.5) is 5.69 Å². The van der Waals surface area contributed by atoms with Gasteiger partial charge in [0.1, 0.15) is 12.6 Å². The van der Waals surface area contributed by atoms with E-state index >= 15 is 0 Å². The largest absolute Gasteiger partial charge is 0.352 e. The fraction of sp³-hybridized carbons (Fsp3) is 0.394. The molecule has 0 heterocycles. The summed E-state index contributed by atoms with van der Waals surface area (Å²) in [6, 6.07) is 18.2. The number of benzene rings is 3. The maximum absolute atomic E-state index is 14.2. The molecule has 1 N–H and O–H groups in total.